The summed E-state index contributed by atoms with van der Waals surface area (Å²) < 4.78 is 1.84. The number of carbonyl (C=O) groups is 1. The Bertz CT molecular complexity index is 685. The Kier molecular flexibility index (Phi) is 4.50. The molecule has 0 aliphatic heterocycles. The number of hydrogen-bond acceptors (Lipinski definition) is 3. The Morgan fingerprint density at radius 3 is 3.04 bits per heavy atom. The molecule has 1 atom stereocenters. The topological polar surface area (TPSA) is 75.6 Å². The number of aryl methyl sites for hydroxylation is 2. The average molecular weight is 315 g/mol. The van der Waals surface area contributed by atoms with E-state index in [1.54, 1.807) is 6.20 Å². The molecule has 2 N–H and O–H groups in total. The van der Waals surface area contributed by atoms with Crippen LogP contribution in [0.15, 0.2) is 12.3 Å². The van der Waals surface area contributed by atoms with E-state index >= 15 is 0 Å². The van der Waals surface area contributed by atoms with Crippen molar-refractivity contribution < 1.29 is 4.79 Å². The molecule has 2 aromatic heterocycles. The van der Waals surface area contributed by atoms with Crippen molar-refractivity contribution in [2.75, 3.05) is 6.54 Å². The van der Waals surface area contributed by atoms with Gasteiger partial charge in [0.2, 0.25) is 5.91 Å². The molecule has 3 rings (SSSR count). The van der Waals surface area contributed by atoms with Crippen LogP contribution in [0.4, 0.5) is 0 Å². The lowest BCUT2D eigenvalue weighted by Gasteiger charge is -2.20. The van der Waals surface area contributed by atoms with E-state index in [9.17, 15) is 4.79 Å². The van der Waals surface area contributed by atoms with Crippen molar-refractivity contribution in [3.05, 3.63) is 35.2 Å². The van der Waals surface area contributed by atoms with Gasteiger partial charge in [-0.2, -0.15) is 5.10 Å². The summed E-state index contributed by atoms with van der Waals surface area (Å²) in [6.45, 7) is 4.92. The average Bonchev–Trinajstić information content (AvgIpc) is 3.12. The summed E-state index contributed by atoms with van der Waals surface area (Å²) in [6, 6.07) is 1.98. The number of aromatic nitrogens is 4. The number of H-pyrrole nitrogens is 1. The largest absolute Gasteiger partial charge is 0.355 e. The van der Waals surface area contributed by atoms with E-state index in [1.807, 2.05) is 17.8 Å². The highest BCUT2D eigenvalue weighted by Crippen LogP contribution is 2.25. The third kappa shape index (κ3) is 3.46. The van der Waals surface area contributed by atoms with Crippen LogP contribution in [-0.2, 0) is 31.1 Å². The van der Waals surface area contributed by atoms with Gasteiger partial charge in [-0.3, -0.25) is 9.48 Å². The quantitative estimate of drug-likeness (QED) is 0.882. The lowest BCUT2D eigenvalue weighted by molar-refractivity contribution is -0.125. The molecule has 0 radical (unpaired) electrons. The molecule has 2 heterocycles. The van der Waals surface area contributed by atoms with Gasteiger partial charge in [-0.05, 0) is 18.9 Å². The molecule has 0 saturated heterocycles. The fraction of sp³-hybridized carbons (Fsp3) is 0.588. The van der Waals surface area contributed by atoms with Crippen LogP contribution in [0, 0.1) is 5.92 Å². The zero-order chi connectivity index (χ0) is 16.4. The molecule has 0 saturated carbocycles. The minimum atomic E-state index is 0.0505. The van der Waals surface area contributed by atoms with Crippen molar-refractivity contribution in [1.29, 1.82) is 0 Å². The standard InChI is InChI=1S/C17H25N5O/c1-11(2)16-20-14-5-4-12(10-15(14)21-16)17(23)18-8-6-13-7-9-19-22(13)3/h7,9,11-12H,4-6,8,10H2,1-3H3,(H,18,23)(H,20,21). The zero-order valence-corrected chi connectivity index (χ0v) is 14.1. The summed E-state index contributed by atoms with van der Waals surface area (Å²) in [4.78, 5) is 20.4. The predicted molar refractivity (Wildman–Crippen MR) is 88.1 cm³/mol. The highest BCUT2D eigenvalue weighted by Gasteiger charge is 2.27. The summed E-state index contributed by atoms with van der Waals surface area (Å²) in [5.74, 6) is 1.63. The van der Waals surface area contributed by atoms with E-state index < -0.39 is 0 Å². The van der Waals surface area contributed by atoms with E-state index in [0.29, 0.717) is 12.5 Å². The Morgan fingerprint density at radius 2 is 2.35 bits per heavy atom. The maximum atomic E-state index is 12.4. The van der Waals surface area contributed by atoms with Crippen molar-refractivity contribution in [3.8, 4) is 0 Å². The van der Waals surface area contributed by atoms with E-state index in [2.05, 4.69) is 34.2 Å². The van der Waals surface area contributed by atoms with Crippen LogP contribution >= 0.6 is 0 Å². The summed E-state index contributed by atoms with van der Waals surface area (Å²) in [6.07, 6.45) is 5.13. The first kappa shape index (κ1) is 15.8. The van der Waals surface area contributed by atoms with Gasteiger partial charge in [-0.1, -0.05) is 13.8 Å². The predicted octanol–water partition coefficient (Wildman–Crippen LogP) is 1.73. The number of nitrogens with one attached hydrogen (secondary N) is 2. The molecule has 0 bridgehead atoms. The molecule has 0 spiro atoms. The summed E-state index contributed by atoms with van der Waals surface area (Å²) in [5, 5.41) is 7.20. The van der Waals surface area contributed by atoms with E-state index in [0.717, 1.165) is 48.6 Å². The van der Waals surface area contributed by atoms with Crippen molar-refractivity contribution in [3.63, 3.8) is 0 Å². The molecular formula is C17H25N5O. The van der Waals surface area contributed by atoms with Gasteiger partial charge in [0.25, 0.3) is 0 Å². The van der Waals surface area contributed by atoms with Crippen LogP contribution in [0.5, 0.6) is 0 Å². The fourth-order valence-corrected chi connectivity index (χ4v) is 3.10. The van der Waals surface area contributed by atoms with E-state index in [-0.39, 0.29) is 11.8 Å². The molecule has 6 heteroatoms. The molecule has 1 aliphatic carbocycles. The van der Waals surface area contributed by atoms with E-state index in [4.69, 9.17) is 0 Å². The minimum absolute atomic E-state index is 0.0505. The Balaban J connectivity index is 1.53. The molecule has 1 amide bonds. The number of fused-ring (bicyclic) bond motifs is 1. The molecule has 124 valence electrons. The number of hydrogen-bond donors (Lipinski definition) is 2. The van der Waals surface area contributed by atoms with Crippen molar-refractivity contribution >= 4 is 5.91 Å². The number of imidazole rings is 1. The fourth-order valence-electron chi connectivity index (χ4n) is 3.10. The smallest absolute Gasteiger partial charge is 0.223 e. The van der Waals surface area contributed by atoms with Crippen LogP contribution in [-0.4, -0.2) is 32.2 Å². The van der Waals surface area contributed by atoms with Gasteiger partial charge in [0.15, 0.2) is 0 Å². The first-order valence-corrected chi connectivity index (χ1v) is 8.37. The van der Waals surface area contributed by atoms with Gasteiger partial charge in [0, 0.05) is 55.9 Å². The van der Waals surface area contributed by atoms with Gasteiger partial charge in [-0.25, -0.2) is 4.98 Å². The van der Waals surface area contributed by atoms with Crippen molar-refractivity contribution in [2.24, 2.45) is 13.0 Å². The Hall–Kier alpha value is -2.11. The van der Waals surface area contributed by atoms with E-state index in [1.165, 1.54) is 0 Å². The number of carbonyl (C=O) groups excluding carboxylic acids is 1. The van der Waals surface area contributed by atoms with Gasteiger partial charge < -0.3 is 10.3 Å². The highest BCUT2D eigenvalue weighted by atomic mass is 16.1. The first-order chi connectivity index (χ1) is 11.0. The highest BCUT2D eigenvalue weighted by molar-refractivity contribution is 5.79. The van der Waals surface area contributed by atoms with Crippen LogP contribution in [0.3, 0.4) is 0 Å². The maximum Gasteiger partial charge on any atom is 0.223 e. The summed E-state index contributed by atoms with van der Waals surface area (Å²) >= 11 is 0. The minimum Gasteiger partial charge on any atom is -0.355 e. The van der Waals surface area contributed by atoms with Gasteiger partial charge >= 0.3 is 0 Å². The van der Waals surface area contributed by atoms with Gasteiger partial charge in [0.1, 0.15) is 5.82 Å². The van der Waals surface area contributed by atoms with Gasteiger partial charge in [-0.15, -0.1) is 0 Å². The molecule has 1 aliphatic rings. The second kappa shape index (κ2) is 6.56. The van der Waals surface area contributed by atoms with Crippen LogP contribution in [0.25, 0.3) is 0 Å². The maximum absolute atomic E-state index is 12.4. The lowest BCUT2D eigenvalue weighted by Crippen LogP contribution is -2.35. The molecule has 2 aromatic rings. The third-order valence-electron chi connectivity index (χ3n) is 4.58. The number of nitrogens with zero attached hydrogens (tertiary/aromatic N) is 3. The normalized spacial score (nSPS) is 17.3. The summed E-state index contributed by atoms with van der Waals surface area (Å²) in [5.41, 5.74) is 3.42. The van der Waals surface area contributed by atoms with Gasteiger partial charge in [0.05, 0.1) is 5.69 Å². The third-order valence-corrected chi connectivity index (χ3v) is 4.58. The monoisotopic (exact) mass is 315 g/mol. The lowest BCUT2D eigenvalue weighted by atomic mass is 9.89. The molecule has 0 fully saturated rings. The van der Waals surface area contributed by atoms with Crippen LogP contribution in [0.2, 0.25) is 0 Å². The Labute approximate surface area is 136 Å². The SMILES string of the molecule is CC(C)c1nc2c([nH]1)CC(C(=O)NCCc1ccnn1C)CC2. The molecule has 0 aromatic carbocycles. The van der Waals surface area contributed by atoms with Crippen LogP contribution in [0.1, 0.15) is 49.1 Å². The number of rotatable bonds is 5. The second-order valence-corrected chi connectivity index (χ2v) is 6.63. The first-order valence-electron chi connectivity index (χ1n) is 8.37. The van der Waals surface area contributed by atoms with Crippen LogP contribution < -0.4 is 5.32 Å². The number of aromatic amines is 1. The van der Waals surface area contributed by atoms with Crippen molar-refractivity contribution in [2.45, 2.75) is 45.4 Å². The Morgan fingerprint density at radius 1 is 1.52 bits per heavy atom. The van der Waals surface area contributed by atoms with Crippen molar-refractivity contribution in [1.82, 2.24) is 25.1 Å². The zero-order valence-electron chi connectivity index (χ0n) is 14.1. The molecule has 6 nitrogen and oxygen atoms in total. The molecule has 1 unspecified atom stereocenters. The molecular weight excluding hydrogens is 290 g/mol. The molecule has 23 heavy (non-hydrogen) atoms. The number of amides is 1. The second-order valence-electron chi connectivity index (χ2n) is 6.63. The summed E-state index contributed by atoms with van der Waals surface area (Å²) in [7, 11) is 1.92.